The summed E-state index contributed by atoms with van der Waals surface area (Å²) in [6.07, 6.45) is 1.92. The van der Waals surface area contributed by atoms with Crippen LogP contribution in [-0.4, -0.2) is 20.2 Å². The van der Waals surface area contributed by atoms with E-state index in [1.807, 2.05) is 25.2 Å². The van der Waals surface area contributed by atoms with Crippen molar-refractivity contribution in [2.75, 3.05) is 14.2 Å². The third-order valence-corrected chi connectivity index (χ3v) is 4.28. The Morgan fingerprint density at radius 1 is 1.32 bits per heavy atom. The maximum absolute atomic E-state index is 6.07. The molecule has 0 saturated carbocycles. The van der Waals surface area contributed by atoms with E-state index in [2.05, 4.69) is 22.8 Å². The summed E-state index contributed by atoms with van der Waals surface area (Å²) in [7, 11) is 3.69. The Bertz CT molecular complexity index is 513. The van der Waals surface area contributed by atoms with Crippen LogP contribution in [0.2, 0.25) is 5.02 Å². The second-order valence-corrected chi connectivity index (χ2v) is 5.90. The van der Waals surface area contributed by atoms with Crippen molar-refractivity contribution in [3.8, 4) is 5.75 Å². The lowest BCUT2D eigenvalue weighted by atomic mass is 10.0. The number of nitrogens with one attached hydrogen (secondary N) is 1. The first-order valence-corrected chi connectivity index (χ1v) is 7.50. The lowest BCUT2D eigenvalue weighted by Gasteiger charge is -2.17. The van der Waals surface area contributed by atoms with E-state index >= 15 is 0 Å². The Morgan fingerprint density at radius 2 is 2.16 bits per heavy atom. The molecule has 0 saturated heterocycles. The summed E-state index contributed by atoms with van der Waals surface area (Å²) in [6.45, 7) is 0. The van der Waals surface area contributed by atoms with E-state index in [4.69, 9.17) is 16.3 Å². The van der Waals surface area contributed by atoms with Crippen molar-refractivity contribution in [3.63, 3.8) is 0 Å². The van der Waals surface area contributed by atoms with Gasteiger partial charge in [-0.1, -0.05) is 17.7 Å². The second kappa shape index (κ2) is 6.94. The molecule has 0 aliphatic carbocycles. The predicted octanol–water partition coefficient (Wildman–Crippen LogP) is 3.78. The van der Waals surface area contributed by atoms with Gasteiger partial charge in [-0.05, 0) is 55.1 Å². The Morgan fingerprint density at radius 3 is 2.79 bits per heavy atom. The zero-order valence-corrected chi connectivity index (χ0v) is 12.7. The highest BCUT2D eigenvalue weighted by molar-refractivity contribution is 7.09. The summed E-state index contributed by atoms with van der Waals surface area (Å²) < 4.78 is 5.40. The Balaban J connectivity index is 2.11. The van der Waals surface area contributed by atoms with Crippen LogP contribution in [0.15, 0.2) is 35.7 Å². The molecular weight excluding hydrogens is 278 g/mol. The van der Waals surface area contributed by atoms with Crippen molar-refractivity contribution < 1.29 is 4.74 Å². The summed E-state index contributed by atoms with van der Waals surface area (Å²) in [5.41, 5.74) is 1.14. The van der Waals surface area contributed by atoms with Crippen LogP contribution in [0.25, 0.3) is 0 Å². The zero-order chi connectivity index (χ0) is 13.7. The van der Waals surface area contributed by atoms with Gasteiger partial charge in [-0.2, -0.15) is 0 Å². The topological polar surface area (TPSA) is 21.3 Å². The molecule has 1 unspecified atom stereocenters. The van der Waals surface area contributed by atoms with E-state index in [-0.39, 0.29) is 0 Å². The highest BCUT2D eigenvalue weighted by Crippen LogP contribution is 2.25. The number of hydrogen-bond donors (Lipinski definition) is 1. The van der Waals surface area contributed by atoms with Gasteiger partial charge in [0.2, 0.25) is 0 Å². The van der Waals surface area contributed by atoms with Crippen molar-refractivity contribution in [3.05, 3.63) is 51.2 Å². The van der Waals surface area contributed by atoms with Crippen molar-refractivity contribution >= 4 is 22.9 Å². The quantitative estimate of drug-likeness (QED) is 0.875. The van der Waals surface area contributed by atoms with E-state index in [9.17, 15) is 0 Å². The Hall–Kier alpha value is -1.03. The molecule has 4 heteroatoms. The molecule has 1 N–H and O–H groups in total. The Kier molecular flexibility index (Phi) is 5.25. The highest BCUT2D eigenvalue weighted by atomic mass is 35.5. The fraction of sp³-hybridized carbons (Fsp3) is 0.333. The molecule has 0 aliphatic rings. The van der Waals surface area contributed by atoms with Gasteiger partial charge in [0.25, 0.3) is 0 Å². The van der Waals surface area contributed by atoms with Gasteiger partial charge in [-0.3, -0.25) is 0 Å². The SMILES string of the molecule is CNC(Cc1cccs1)Cc1cc(Cl)ccc1OC. The van der Waals surface area contributed by atoms with Crippen molar-refractivity contribution in [2.45, 2.75) is 18.9 Å². The highest BCUT2D eigenvalue weighted by Gasteiger charge is 2.12. The molecule has 0 radical (unpaired) electrons. The number of benzene rings is 1. The van der Waals surface area contributed by atoms with Gasteiger partial charge in [-0.25, -0.2) is 0 Å². The summed E-state index contributed by atoms with van der Waals surface area (Å²) in [5.74, 6) is 0.899. The standard InChI is InChI=1S/C15H18ClNOS/c1-17-13(10-14-4-3-7-19-14)9-11-8-12(16)5-6-15(11)18-2/h3-8,13,17H,9-10H2,1-2H3. The molecule has 1 aromatic carbocycles. The number of thiophene rings is 1. The molecule has 2 nitrogen and oxygen atoms in total. The number of rotatable bonds is 6. The number of likely N-dealkylation sites (N-methyl/N-ethyl adjacent to an activating group) is 1. The molecule has 1 atom stereocenters. The van der Waals surface area contributed by atoms with E-state index < -0.39 is 0 Å². The van der Waals surface area contributed by atoms with Gasteiger partial charge in [0, 0.05) is 15.9 Å². The van der Waals surface area contributed by atoms with E-state index in [0.29, 0.717) is 6.04 Å². The number of ether oxygens (including phenoxy) is 1. The van der Waals surface area contributed by atoms with Gasteiger partial charge in [0.05, 0.1) is 7.11 Å². The first kappa shape index (κ1) is 14.4. The molecule has 102 valence electrons. The normalized spacial score (nSPS) is 12.4. The molecule has 0 fully saturated rings. The van der Waals surface area contributed by atoms with E-state index in [1.165, 1.54) is 4.88 Å². The maximum atomic E-state index is 6.07. The average molecular weight is 296 g/mol. The molecule has 0 amide bonds. The number of methoxy groups -OCH3 is 1. The first-order valence-electron chi connectivity index (χ1n) is 6.25. The van der Waals surface area contributed by atoms with E-state index in [0.717, 1.165) is 29.2 Å². The monoisotopic (exact) mass is 295 g/mol. The molecule has 2 rings (SSSR count). The minimum absolute atomic E-state index is 0.381. The fourth-order valence-electron chi connectivity index (χ4n) is 2.12. The third kappa shape index (κ3) is 3.96. The van der Waals surface area contributed by atoms with Crippen LogP contribution in [0, 0.1) is 0 Å². The van der Waals surface area contributed by atoms with Gasteiger partial charge in [0.1, 0.15) is 5.75 Å². The van der Waals surface area contributed by atoms with Gasteiger partial charge in [0.15, 0.2) is 0 Å². The smallest absolute Gasteiger partial charge is 0.122 e. The summed E-state index contributed by atoms with van der Waals surface area (Å²) in [4.78, 5) is 1.39. The summed E-state index contributed by atoms with van der Waals surface area (Å²) in [5, 5.41) is 6.23. The lowest BCUT2D eigenvalue weighted by Crippen LogP contribution is -2.29. The summed E-state index contributed by atoms with van der Waals surface area (Å²) >= 11 is 7.86. The lowest BCUT2D eigenvalue weighted by molar-refractivity contribution is 0.406. The van der Waals surface area contributed by atoms with Crippen LogP contribution >= 0.6 is 22.9 Å². The fourth-order valence-corrected chi connectivity index (χ4v) is 3.10. The predicted molar refractivity (Wildman–Crippen MR) is 82.6 cm³/mol. The van der Waals surface area contributed by atoms with Crippen LogP contribution < -0.4 is 10.1 Å². The molecule has 1 heterocycles. The minimum atomic E-state index is 0.381. The average Bonchev–Trinajstić information content (AvgIpc) is 2.91. The van der Waals surface area contributed by atoms with Crippen molar-refractivity contribution in [1.29, 1.82) is 0 Å². The molecular formula is C15H18ClNOS. The van der Waals surface area contributed by atoms with Gasteiger partial charge >= 0.3 is 0 Å². The van der Waals surface area contributed by atoms with Crippen LogP contribution in [-0.2, 0) is 12.8 Å². The number of hydrogen-bond acceptors (Lipinski definition) is 3. The third-order valence-electron chi connectivity index (χ3n) is 3.14. The largest absolute Gasteiger partial charge is 0.496 e. The molecule has 19 heavy (non-hydrogen) atoms. The van der Waals surface area contributed by atoms with Crippen molar-refractivity contribution in [1.82, 2.24) is 5.32 Å². The van der Waals surface area contributed by atoms with Gasteiger partial charge < -0.3 is 10.1 Å². The molecule has 1 aromatic heterocycles. The first-order chi connectivity index (χ1) is 9.22. The van der Waals surface area contributed by atoms with Gasteiger partial charge in [-0.15, -0.1) is 11.3 Å². The zero-order valence-electron chi connectivity index (χ0n) is 11.2. The molecule has 0 aliphatic heterocycles. The minimum Gasteiger partial charge on any atom is -0.496 e. The van der Waals surface area contributed by atoms with Crippen LogP contribution in [0.1, 0.15) is 10.4 Å². The van der Waals surface area contributed by atoms with E-state index in [1.54, 1.807) is 18.4 Å². The maximum Gasteiger partial charge on any atom is 0.122 e. The van der Waals surface area contributed by atoms with Crippen LogP contribution in [0.4, 0.5) is 0 Å². The number of halogens is 1. The van der Waals surface area contributed by atoms with Crippen LogP contribution in [0.5, 0.6) is 5.75 Å². The molecule has 0 bridgehead atoms. The molecule has 2 aromatic rings. The van der Waals surface area contributed by atoms with Crippen LogP contribution in [0.3, 0.4) is 0 Å². The Labute approximate surface area is 123 Å². The summed E-state index contributed by atoms with van der Waals surface area (Å²) in [6, 6.07) is 10.4. The van der Waals surface area contributed by atoms with Crippen molar-refractivity contribution in [2.24, 2.45) is 0 Å². The second-order valence-electron chi connectivity index (χ2n) is 4.43. The molecule has 0 spiro atoms.